The van der Waals surface area contributed by atoms with Gasteiger partial charge in [0.1, 0.15) is 5.75 Å². The Morgan fingerprint density at radius 3 is 2.65 bits per heavy atom. The molecule has 1 heterocycles. The van der Waals surface area contributed by atoms with E-state index in [0.29, 0.717) is 41.7 Å². The van der Waals surface area contributed by atoms with Crippen LogP contribution in [0.3, 0.4) is 0 Å². The number of nitrogens with one attached hydrogen (secondary N) is 1. The molecule has 0 saturated carbocycles. The summed E-state index contributed by atoms with van der Waals surface area (Å²) in [6.45, 7) is 2.40. The van der Waals surface area contributed by atoms with Gasteiger partial charge >= 0.3 is 11.6 Å². The van der Waals surface area contributed by atoms with Crippen LogP contribution in [-0.2, 0) is 17.8 Å². The fraction of sp³-hybridized carbons (Fsp3) is 0.222. The summed E-state index contributed by atoms with van der Waals surface area (Å²) in [4.78, 5) is 31.5. The highest BCUT2D eigenvalue weighted by Crippen LogP contribution is 2.27. The molecule has 3 aromatic carbocycles. The zero-order valence-corrected chi connectivity index (χ0v) is 19.5. The molecule has 7 heteroatoms. The molecule has 174 valence electrons. The number of nitrogens with zero attached hydrogens (tertiary/aromatic N) is 2. The van der Waals surface area contributed by atoms with Gasteiger partial charge in [-0.25, -0.2) is 4.79 Å². The van der Waals surface area contributed by atoms with Crippen LogP contribution in [0.15, 0.2) is 75.9 Å². The van der Waals surface area contributed by atoms with Crippen LogP contribution >= 0.6 is 0 Å². The van der Waals surface area contributed by atoms with E-state index in [1.165, 1.54) is 0 Å². The number of rotatable bonds is 8. The molecule has 4 rings (SSSR count). The molecule has 4 aromatic rings. The number of anilines is 2. The Morgan fingerprint density at radius 2 is 1.88 bits per heavy atom. The molecule has 0 spiro atoms. The van der Waals surface area contributed by atoms with Crippen LogP contribution in [-0.4, -0.2) is 29.9 Å². The molecule has 1 amide bonds. The van der Waals surface area contributed by atoms with E-state index in [9.17, 15) is 9.59 Å². The summed E-state index contributed by atoms with van der Waals surface area (Å²) in [5.74, 6) is 0.675. The topological polar surface area (TPSA) is 84.7 Å². The lowest BCUT2D eigenvalue weighted by Gasteiger charge is -2.18. The molecule has 34 heavy (non-hydrogen) atoms. The van der Waals surface area contributed by atoms with E-state index < -0.39 is 5.63 Å². The van der Waals surface area contributed by atoms with E-state index in [1.807, 2.05) is 61.5 Å². The van der Waals surface area contributed by atoms with Gasteiger partial charge in [-0.1, -0.05) is 48.5 Å². The van der Waals surface area contributed by atoms with Crippen molar-refractivity contribution in [1.29, 1.82) is 0 Å². The summed E-state index contributed by atoms with van der Waals surface area (Å²) < 4.78 is 10.8. The molecule has 0 radical (unpaired) electrons. The summed E-state index contributed by atoms with van der Waals surface area (Å²) in [5.41, 5.74) is 3.55. The number of carbonyl (C=O) groups excluding carboxylic acids is 1. The molecule has 7 nitrogen and oxygen atoms in total. The van der Waals surface area contributed by atoms with Crippen LogP contribution in [0.2, 0.25) is 0 Å². The monoisotopic (exact) mass is 457 g/mol. The third kappa shape index (κ3) is 5.26. The van der Waals surface area contributed by atoms with Gasteiger partial charge in [-0.15, -0.1) is 0 Å². The maximum atomic E-state index is 12.7. The second-order valence-corrected chi connectivity index (χ2v) is 8.16. The van der Waals surface area contributed by atoms with Crippen molar-refractivity contribution in [2.24, 2.45) is 0 Å². The minimum atomic E-state index is -0.451. The van der Waals surface area contributed by atoms with Crippen LogP contribution in [0, 0.1) is 6.92 Å². The largest absolute Gasteiger partial charge is 0.497 e. The van der Waals surface area contributed by atoms with Crippen molar-refractivity contribution in [2.45, 2.75) is 26.3 Å². The van der Waals surface area contributed by atoms with E-state index in [0.717, 1.165) is 16.7 Å². The summed E-state index contributed by atoms with van der Waals surface area (Å²) in [7, 11) is 3.39. The van der Waals surface area contributed by atoms with Crippen LogP contribution in [0.1, 0.15) is 23.1 Å². The highest BCUT2D eigenvalue weighted by molar-refractivity contribution is 5.81. The Kier molecular flexibility index (Phi) is 6.92. The second kappa shape index (κ2) is 10.2. The van der Waals surface area contributed by atoms with Crippen molar-refractivity contribution >= 4 is 28.5 Å². The number of hydrogen-bond donors (Lipinski definition) is 1. The fourth-order valence-corrected chi connectivity index (χ4v) is 3.85. The summed E-state index contributed by atoms with van der Waals surface area (Å²) >= 11 is 0. The van der Waals surface area contributed by atoms with Crippen LogP contribution in [0.5, 0.6) is 5.75 Å². The van der Waals surface area contributed by atoms with Crippen LogP contribution < -0.4 is 15.7 Å². The summed E-state index contributed by atoms with van der Waals surface area (Å²) in [6.07, 6.45) is 0.833. The van der Waals surface area contributed by atoms with Crippen molar-refractivity contribution < 1.29 is 13.9 Å². The third-order valence-electron chi connectivity index (χ3n) is 5.72. The number of hydrogen-bond acceptors (Lipinski definition) is 6. The molecule has 0 atom stereocenters. The van der Waals surface area contributed by atoms with Crippen LogP contribution in [0.25, 0.3) is 10.9 Å². The minimum Gasteiger partial charge on any atom is -0.497 e. The first kappa shape index (κ1) is 23.0. The molecule has 1 N–H and O–H groups in total. The number of methoxy groups -OCH3 is 1. The fourth-order valence-electron chi connectivity index (χ4n) is 3.85. The predicted molar refractivity (Wildman–Crippen MR) is 133 cm³/mol. The smallest absolute Gasteiger partial charge is 0.348 e. The van der Waals surface area contributed by atoms with Gasteiger partial charge in [0, 0.05) is 31.8 Å². The number of aryl methyl sites for hydroxylation is 2. The lowest BCUT2D eigenvalue weighted by atomic mass is 10.1. The third-order valence-corrected chi connectivity index (χ3v) is 5.72. The lowest BCUT2D eigenvalue weighted by Crippen LogP contribution is -2.26. The van der Waals surface area contributed by atoms with E-state index in [4.69, 9.17) is 9.15 Å². The first-order valence-electron chi connectivity index (χ1n) is 11.1. The molecule has 0 aliphatic heterocycles. The number of aromatic nitrogens is 1. The SMILES string of the molecule is COc1ccc(CCC(=O)N(C)Cc2ccccc2)c(Nc2nc3cccc(C)c3c(=O)o2)c1. The molecule has 0 aliphatic carbocycles. The second-order valence-electron chi connectivity index (χ2n) is 8.16. The van der Waals surface area contributed by atoms with Gasteiger partial charge in [0.25, 0.3) is 0 Å². The van der Waals surface area contributed by atoms with E-state index >= 15 is 0 Å². The van der Waals surface area contributed by atoms with E-state index in [1.54, 1.807) is 31.2 Å². The van der Waals surface area contributed by atoms with Gasteiger partial charge in [-0.2, -0.15) is 4.98 Å². The normalized spacial score (nSPS) is 10.8. The van der Waals surface area contributed by atoms with Gasteiger partial charge in [-0.05, 0) is 42.2 Å². The van der Waals surface area contributed by atoms with E-state index in [-0.39, 0.29) is 11.9 Å². The zero-order chi connectivity index (χ0) is 24.1. The molecule has 0 unspecified atom stereocenters. The average molecular weight is 458 g/mol. The maximum absolute atomic E-state index is 12.7. The Balaban J connectivity index is 1.53. The van der Waals surface area contributed by atoms with Crippen molar-refractivity contribution in [3.8, 4) is 5.75 Å². The Bertz CT molecular complexity index is 1370. The van der Waals surface area contributed by atoms with E-state index in [2.05, 4.69) is 10.3 Å². The average Bonchev–Trinajstić information content (AvgIpc) is 2.83. The molecular formula is C27H27N3O4. The molecular weight excluding hydrogens is 430 g/mol. The molecule has 0 bridgehead atoms. The molecule has 1 aromatic heterocycles. The first-order chi connectivity index (χ1) is 16.4. The number of benzene rings is 3. The van der Waals surface area contributed by atoms with Gasteiger partial charge in [0.15, 0.2) is 0 Å². The Hall–Kier alpha value is -4.13. The zero-order valence-electron chi connectivity index (χ0n) is 19.5. The van der Waals surface area contributed by atoms with Crippen molar-refractivity contribution in [3.63, 3.8) is 0 Å². The Morgan fingerprint density at radius 1 is 1.09 bits per heavy atom. The van der Waals surface area contributed by atoms with Crippen LogP contribution in [0.4, 0.5) is 11.7 Å². The van der Waals surface area contributed by atoms with Gasteiger partial charge in [0.05, 0.1) is 18.0 Å². The summed E-state index contributed by atoms with van der Waals surface area (Å²) in [5, 5.41) is 3.57. The highest BCUT2D eigenvalue weighted by atomic mass is 16.5. The van der Waals surface area contributed by atoms with Crippen molar-refractivity contribution in [3.05, 3.63) is 93.8 Å². The lowest BCUT2D eigenvalue weighted by molar-refractivity contribution is -0.130. The molecule has 0 fully saturated rings. The predicted octanol–water partition coefficient (Wildman–Crippen LogP) is 4.84. The number of amides is 1. The molecule has 0 aliphatic rings. The van der Waals surface area contributed by atoms with Gasteiger partial charge in [0.2, 0.25) is 5.91 Å². The first-order valence-corrected chi connectivity index (χ1v) is 11.1. The standard InChI is InChI=1S/C27H27N3O4/c1-18-8-7-11-22-25(18)26(32)34-27(28-22)29-23-16-21(33-3)14-12-20(23)13-15-24(31)30(2)17-19-9-5-4-6-10-19/h4-12,14,16H,13,15,17H2,1-3H3,(H,28,29). The Labute approximate surface area is 198 Å². The number of carbonyl (C=O) groups is 1. The quantitative estimate of drug-likeness (QED) is 0.408. The minimum absolute atomic E-state index is 0.0384. The van der Waals surface area contributed by atoms with Crippen molar-refractivity contribution in [2.75, 3.05) is 19.5 Å². The van der Waals surface area contributed by atoms with Gasteiger partial charge in [-0.3, -0.25) is 4.79 Å². The summed E-state index contributed by atoms with van der Waals surface area (Å²) in [6, 6.07) is 21.0. The maximum Gasteiger partial charge on any atom is 0.348 e. The number of fused-ring (bicyclic) bond motifs is 1. The highest BCUT2D eigenvalue weighted by Gasteiger charge is 2.14. The van der Waals surface area contributed by atoms with Crippen molar-refractivity contribution in [1.82, 2.24) is 9.88 Å². The number of ether oxygens (including phenoxy) is 1. The molecule has 0 saturated heterocycles. The van der Waals surface area contributed by atoms with Gasteiger partial charge < -0.3 is 19.4 Å².